The third-order valence-electron chi connectivity index (χ3n) is 2.49. The molecular formula is C13H15BrO5. The van der Waals surface area contributed by atoms with Gasteiger partial charge in [0.25, 0.3) is 0 Å². The summed E-state index contributed by atoms with van der Waals surface area (Å²) in [6, 6.07) is 4.52. The quantitative estimate of drug-likeness (QED) is 0.616. The molecule has 0 bridgehead atoms. The molecule has 2 atom stereocenters. The van der Waals surface area contributed by atoms with Crippen molar-refractivity contribution in [3.05, 3.63) is 29.3 Å². The summed E-state index contributed by atoms with van der Waals surface area (Å²) in [7, 11) is 0. The Balaban J connectivity index is 3.41. The molecule has 0 radical (unpaired) electrons. The number of ether oxygens (including phenoxy) is 1. The predicted molar refractivity (Wildman–Crippen MR) is 72.9 cm³/mol. The van der Waals surface area contributed by atoms with Crippen LogP contribution in [-0.4, -0.2) is 33.4 Å². The molecule has 5 nitrogen and oxygen atoms in total. The third-order valence-corrected chi connectivity index (χ3v) is 2.91. The van der Waals surface area contributed by atoms with Crippen LogP contribution in [-0.2, 0) is 4.79 Å². The average Bonchev–Trinajstić information content (AvgIpc) is 2.37. The summed E-state index contributed by atoms with van der Waals surface area (Å²) in [5.74, 6) is -1.47. The SMILES string of the molecule is CCOc1cccc(C(O)C(=O)O)c1C(=O)C(C)Br. The van der Waals surface area contributed by atoms with Crippen molar-refractivity contribution in [2.75, 3.05) is 6.61 Å². The number of halogens is 1. The summed E-state index contributed by atoms with van der Waals surface area (Å²) in [5.41, 5.74) is 0.137. The number of carboxylic acid groups (broad SMARTS) is 1. The van der Waals surface area contributed by atoms with E-state index in [1.54, 1.807) is 26.0 Å². The van der Waals surface area contributed by atoms with Gasteiger partial charge in [0.15, 0.2) is 11.9 Å². The van der Waals surface area contributed by atoms with Crippen molar-refractivity contribution in [3.8, 4) is 5.75 Å². The molecule has 0 aliphatic carbocycles. The first-order valence-corrected chi connectivity index (χ1v) is 6.66. The number of rotatable bonds is 6. The van der Waals surface area contributed by atoms with Gasteiger partial charge in [0, 0.05) is 5.56 Å². The summed E-state index contributed by atoms with van der Waals surface area (Å²) in [6.45, 7) is 3.72. The predicted octanol–water partition coefficient (Wildman–Crippen LogP) is 2.17. The first-order valence-electron chi connectivity index (χ1n) is 5.75. The van der Waals surface area contributed by atoms with Gasteiger partial charge in [0.1, 0.15) is 5.75 Å². The standard InChI is InChI=1S/C13H15BrO5/c1-3-19-9-6-4-5-8(12(16)13(17)18)10(9)11(15)7(2)14/h4-7,12,16H,3H2,1-2H3,(H,17,18). The number of hydrogen-bond donors (Lipinski definition) is 2. The van der Waals surface area contributed by atoms with E-state index in [0.29, 0.717) is 6.61 Å². The number of hydrogen-bond acceptors (Lipinski definition) is 4. The Morgan fingerprint density at radius 1 is 1.42 bits per heavy atom. The molecule has 0 amide bonds. The smallest absolute Gasteiger partial charge is 0.337 e. The number of aliphatic carboxylic acids is 1. The maximum atomic E-state index is 12.2. The van der Waals surface area contributed by atoms with Crippen molar-refractivity contribution >= 4 is 27.7 Å². The van der Waals surface area contributed by atoms with Crippen molar-refractivity contribution in [2.24, 2.45) is 0 Å². The van der Waals surface area contributed by atoms with Gasteiger partial charge in [-0.05, 0) is 19.9 Å². The lowest BCUT2D eigenvalue weighted by Gasteiger charge is -2.16. The second-order valence-electron chi connectivity index (χ2n) is 3.87. The monoisotopic (exact) mass is 330 g/mol. The van der Waals surface area contributed by atoms with Crippen LogP contribution in [0.3, 0.4) is 0 Å². The number of carboxylic acids is 1. The topological polar surface area (TPSA) is 83.8 Å². The Morgan fingerprint density at radius 2 is 2.05 bits per heavy atom. The van der Waals surface area contributed by atoms with Gasteiger partial charge in [-0.3, -0.25) is 4.79 Å². The summed E-state index contributed by atoms with van der Waals surface area (Å²) < 4.78 is 5.33. The highest BCUT2D eigenvalue weighted by atomic mass is 79.9. The highest BCUT2D eigenvalue weighted by Crippen LogP contribution is 2.30. The fraction of sp³-hybridized carbons (Fsp3) is 0.385. The van der Waals surface area contributed by atoms with Crippen LogP contribution in [0.1, 0.15) is 35.9 Å². The highest BCUT2D eigenvalue weighted by Gasteiger charge is 2.27. The van der Waals surface area contributed by atoms with E-state index in [1.807, 2.05) is 0 Å². The third kappa shape index (κ3) is 3.54. The lowest BCUT2D eigenvalue weighted by Crippen LogP contribution is -2.19. The second kappa shape index (κ2) is 6.68. The normalized spacial score (nSPS) is 13.7. The van der Waals surface area contributed by atoms with E-state index in [9.17, 15) is 14.7 Å². The minimum absolute atomic E-state index is 0.0368. The Kier molecular flexibility index (Phi) is 5.50. The fourth-order valence-electron chi connectivity index (χ4n) is 1.65. The molecule has 2 N–H and O–H groups in total. The largest absolute Gasteiger partial charge is 0.493 e. The van der Waals surface area contributed by atoms with Crippen molar-refractivity contribution in [3.63, 3.8) is 0 Å². The number of ketones is 1. The first-order chi connectivity index (χ1) is 8.90. The molecule has 0 saturated carbocycles. The maximum absolute atomic E-state index is 12.2. The molecule has 0 fully saturated rings. The molecule has 0 aliphatic heterocycles. The Labute approximate surface area is 119 Å². The van der Waals surface area contributed by atoms with Gasteiger partial charge in [-0.2, -0.15) is 0 Å². The van der Waals surface area contributed by atoms with E-state index >= 15 is 0 Å². The summed E-state index contributed by atoms with van der Waals surface area (Å²) >= 11 is 3.15. The molecule has 1 aromatic carbocycles. The highest BCUT2D eigenvalue weighted by molar-refractivity contribution is 9.10. The number of aliphatic hydroxyl groups excluding tert-OH is 1. The molecular weight excluding hydrogens is 316 g/mol. The lowest BCUT2D eigenvalue weighted by atomic mass is 9.97. The summed E-state index contributed by atoms with van der Waals surface area (Å²) in [5, 5.41) is 18.6. The molecule has 19 heavy (non-hydrogen) atoms. The number of carbonyl (C=O) groups excluding carboxylic acids is 1. The van der Waals surface area contributed by atoms with Crippen LogP contribution in [0.2, 0.25) is 0 Å². The number of carbonyl (C=O) groups is 2. The number of Topliss-reactive ketones (excluding diaryl/α,β-unsaturated/α-hetero) is 1. The molecule has 104 valence electrons. The van der Waals surface area contributed by atoms with Crippen LogP contribution in [0, 0.1) is 0 Å². The first kappa shape index (κ1) is 15.7. The van der Waals surface area contributed by atoms with Crippen LogP contribution >= 0.6 is 15.9 Å². The van der Waals surface area contributed by atoms with Crippen LogP contribution < -0.4 is 4.74 Å². The van der Waals surface area contributed by atoms with Crippen LogP contribution in [0.15, 0.2) is 18.2 Å². The molecule has 0 spiro atoms. The van der Waals surface area contributed by atoms with Gasteiger partial charge >= 0.3 is 5.97 Å². The van der Waals surface area contributed by atoms with E-state index in [-0.39, 0.29) is 22.7 Å². The van der Waals surface area contributed by atoms with Gasteiger partial charge in [0.2, 0.25) is 0 Å². The van der Waals surface area contributed by atoms with Crippen LogP contribution in [0.25, 0.3) is 0 Å². The lowest BCUT2D eigenvalue weighted by molar-refractivity contribution is -0.146. The molecule has 0 heterocycles. The van der Waals surface area contributed by atoms with Crippen LogP contribution in [0.4, 0.5) is 0 Å². The molecule has 2 unspecified atom stereocenters. The molecule has 6 heteroatoms. The summed E-state index contributed by atoms with van der Waals surface area (Å²) in [4.78, 5) is 22.6. The zero-order chi connectivity index (χ0) is 14.6. The number of alkyl halides is 1. The van der Waals surface area contributed by atoms with Crippen molar-refractivity contribution in [1.29, 1.82) is 0 Å². The van der Waals surface area contributed by atoms with Crippen molar-refractivity contribution < 1.29 is 24.5 Å². The molecule has 0 aromatic heterocycles. The zero-order valence-electron chi connectivity index (χ0n) is 10.6. The zero-order valence-corrected chi connectivity index (χ0v) is 12.2. The number of benzene rings is 1. The van der Waals surface area contributed by atoms with Gasteiger partial charge in [-0.15, -0.1) is 0 Å². The molecule has 0 saturated heterocycles. The van der Waals surface area contributed by atoms with E-state index in [2.05, 4.69) is 15.9 Å². The Bertz CT molecular complexity index is 484. The minimum atomic E-state index is -1.76. The molecule has 1 aromatic rings. The fourth-order valence-corrected chi connectivity index (χ4v) is 1.88. The van der Waals surface area contributed by atoms with Gasteiger partial charge < -0.3 is 14.9 Å². The average molecular weight is 331 g/mol. The number of aliphatic hydroxyl groups is 1. The van der Waals surface area contributed by atoms with E-state index in [1.165, 1.54) is 6.07 Å². The Hall–Kier alpha value is -1.40. The van der Waals surface area contributed by atoms with E-state index < -0.39 is 16.9 Å². The Morgan fingerprint density at radius 3 is 2.53 bits per heavy atom. The minimum Gasteiger partial charge on any atom is -0.493 e. The second-order valence-corrected chi connectivity index (χ2v) is 5.25. The molecule has 1 rings (SSSR count). The van der Waals surface area contributed by atoms with Crippen LogP contribution in [0.5, 0.6) is 5.75 Å². The van der Waals surface area contributed by atoms with Crippen molar-refractivity contribution in [1.82, 2.24) is 0 Å². The van der Waals surface area contributed by atoms with Gasteiger partial charge in [-0.1, -0.05) is 28.1 Å². The van der Waals surface area contributed by atoms with Crippen molar-refractivity contribution in [2.45, 2.75) is 24.8 Å². The molecule has 0 aliphatic rings. The van der Waals surface area contributed by atoms with E-state index in [4.69, 9.17) is 9.84 Å². The summed E-state index contributed by atoms with van der Waals surface area (Å²) in [6.07, 6.45) is -1.76. The van der Waals surface area contributed by atoms with Gasteiger partial charge in [-0.25, -0.2) is 4.79 Å². The van der Waals surface area contributed by atoms with Gasteiger partial charge in [0.05, 0.1) is 17.0 Å². The van der Waals surface area contributed by atoms with E-state index in [0.717, 1.165) is 0 Å². The maximum Gasteiger partial charge on any atom is 0.337 e.